The predicted molar refractivity (Wildman–Crippen MR) is 124 cm³/mol. The van der Waals surface area contributed by atoms with Crippen LogP contribution in [0.1, 0.15) is 37.4 Å². The van der Waals surface area contributed by atoms with Crippen LogP contribution in [0.2, 0.25) is 10.0 Å². The second kappa shape index (κ2) is 10.4. The van der Waals surface area contributed by atoms with Crippen molar-refractivity contribution in [2.24, 2.45) is 0 Å². The van der Waals surface area contributed by atoms with Gasteiger partial charge in [0, 0.05) is 35.9 Å². The van der Waals surface area contributed by atoms with Crippen molar-refractivity contribution in [3.63, 3.8) is 0 Å². The lowest BCUT2D eigenvalue weighted by molar-refractivity contribution is -0.140. The second-order valence-electron chi connectivity index (χ2n) is 7.70. The topological polar surface area (TPSA) is 76.1 Å². The van der Waals surface area contributed by atoms with Crippen molar-refractivity contribution in [2.45, 2.75) is 32.4 Å². The zero-order valence-corrected chi connectivity index (χ0v) is 19.6. The van der Waals surface area contributed by atoms with Crippen molar-refractivity contribution < 1.29 is 24.2 Å². The maximum absolute atomic E-state index is 13.0. The lowest BCUT2D eigenvalue weighted by Crippen LogP contribution is -2.31. The first-order valence-electron chi connectivity index (χ1n) is 10.2. The van der Waals surface area contributed by atoms with Crippen LogP contribution in [0.25, 0.3) is 5.76 Å². The highest BCUT2D eigenvalue weighted by Gasteiger charge is 2.46. The zero-order chi connectivity index (χ0) is 23.4. The van der Waals surface area contributed by atoms with Crippen LogP contribution >= 0.6 is 23.2 Å². The first-order valence-corrected chi connectivity index (χ1v) is 11.0. The Bertz CT molecular complexity index is 1030. The number of carbonyl (C=O) groups excluding carboxylic acids is 2. The molecule has 1 heterocycles. The smallest absolute Gasteiger partial charge is 0.295 e. The molecule has 0 saturated carbocycles. The first kappa shape index (κ1) is 24.1. The van der Waals surface area contributed by atoms with Crippen molar-refractivity contribution in [3.05, 3.63) is 69.2 Å². The van der Waals surface area contributed by atoms with Gasteiger partial charge in [-0.05, 0) is 62.2 Å². The molecule has 1 aliphatic heterocycles. The van der Waals surface area contributed by atoms with E-state index in [1.165, 1.54) is 4.90 Å². The number of amides is 1. The minimum absolute atomic E-state index is 0.00100. The van der Waals surface area contributed by atoms with E-state index in [2.05, 4.69) is 0 Å². The van der Waals surface area contributed by atoms with Crippen LogP contribution in [-0.4, -0.2) is 48.1 Å². The van der Waals surface area contributed by atoms with E-state index in [0.29, 0.717) is 39.9 Å². The largest absolute Gasteiger partial charge is 0.507 e. The van der Waals surface area contributed by atoms with E-state index in [4.69, 9.17) is 32.7 Å². The minimum Gasteiger partial charge on any atom is -0.507 e. The molecule has 0 aromatic heterocycles. The summed E-state index contributed by atoms with van der Waals surface area (Å²) >= 11 is 12.5. The summed E-state index contributed by atoms with van der Waals surface area (Å²) in [7, 11) is 1.56. The number of nitrogens with zero attached hydrogens (tertiary/aromatic N) is 1. The van der Waals surface area contributed by atoms with E-state index < -0.39 is 17.7 Å². The summed E-state index contributed by atoms with van der Waals surface area (Å²) in [6, 6.07) is 10.7. The van der Waals surface area contributed by atoms with Gasteiger partial charge in [0.05, 0.1) is 17.7 Å². The minimum atomic E-state index is -0.844. The first-order chi connectivity index (χ1) is 15.2. The predicted octanol–water partition coefficient (Wildman–Crippen LogP) is 5.24. The molecule has 32 heavy (non-hydrogen) atoms. The molecule has 1 N–H and O–H groups in total. The molecule has 2 aromatic rings. The van der Waals surface area contributed by atoms with E-state index in [0.717, 1.165) is 0 Å². The number of halogens is 2. The Morgan fingerprint density at radius 2 is 1.81 bits per heavy atom. The molecule has 1 unspecified atom stereocenters. The van der Waals surface area contributed by atoms with Crippen molar-refractivity contribution in [1.82, 2.24) is 4.90 Å². The molecule has 1 aliphatic rings. The van der Waals surface area contributed by atoms with Crippen molar-refractivity contribution in [3.8, 4) is 5.75 Å². The van der Waals surface area contributed by atoms with Gasteiger partial charge in [0.1, 0.15) is 11.5 Å². The van der Waals surface area contributed by atoms with Crippen LogP contribution in [0.5, 0.6) is 5.75 Å². The molecule has 1 amide bonds. The number of Topliss-reactive ketones (excluding diaryl/α,β-unsaturated/α-hetero) is 1. The highest BCUT2D eigenvalue weighted by atomic mass is 35.5. The molecule has 6 nitrogen and oxygen atoms in total. The molecule has 3 rings (SSSR count). The third-order valence-electron chi connectivity index (χ3n) is 5.04. The maximum atomic E-state index is 13.0. The summed E-state index contributed by atoms with van der Waals surface area (Å²) in [5, 5.41) is 11.8. The van der Waals surface area contributed by atoms with Crippen LogP contribution in [0.15, 0.2) is 48.0 Å². The fourth-order valence-corrected chi connectivity index (χ4v) is 4.17. The van der Waals surface area contributed by atoms with E-state index in [1.807, 2.05) is 13.8 Å². The molecule has 1 saturated heterocycles. The van der Waals surface area contributed by atoms with E-state index in [1.54, 1.807) is 49.6 Å². The van der Waals surface area contributed by atoms with Crippen LogP contribution in [-0.2, 0) is 14.3 Å². The average molecular weight is 478 g/mol. The highest BCUT2D eigenvalue weighted by molar-refractivity contribution is 6.47. The second-order valence-corrected chi connectivity index (χ2v) is 8.54. The summed E-state index contributed by atoms with van der Waals surface area (Å²) in [4.78, 5) is 27.3. The number of aliphatic hydroxyl groups is 1. The van der Waals surface area contributed by atoms with Crippen LogP contribution in [0.3, 0.4) is 0 Å². The summed E-state index contributed by atoms with van der Waals surface area (Å²) in [6.07, 6.45) is 0.519. The summed E-state index contributed by atoms with van der Waals surface area (Å²) in [6.45, 7) is 4.50. The van der Waals surface area contributed by atoms with Gasteiger partial charge in [-0.15, -0.1) is 0 Å². The number of hydrogen-bond acceptors (Lipinski definition) is 5. The molecule has 1 atom stereocenters. The van der Waals surface area contributed by atoms with Gasteiger partial charge in [0.2, 0.25) is 0 Å². The van der Waals surface area contributed by atoms with E-state index in [-0.39, 0.29) is 24.0 Å². The van der Waals surface area contributed by atoms with Crippen molar-refractivity contribution in [1.29, 1.82) is 0 Å². The number of carbonyl (C=O) groups is 2. The Labute approximate surface area is 197 Å². The number of ketones is 1. The van der Waals surface area contributed by atoms with Gasteiger partial charge in [-0.2, -0.15) is 0 Å². The van der Waals surface area contributed by atoms with Crippen molar-refractivity contribution >= 4 is 40.7 Å². The van der Waals surface area contributed by atoms with Gasteiger partial charge in [0.25, 0.3) is 11.7 Å². The van der Waals surface area contributed by atoms with Gasteiger partial charge in [-0.25, -0.2) is 0 Å². The molecule has 0 spiro atoms. The highest BCUT2D eigenvalue weighted by Crippen LogP contribution is 2.42. The number of hydrogen-bond donors (Lipinski definition) is 1. The number of benzene rings is 2. The van der Waals surface area contributed by atoms with Gasteiger partial charge < -0.3 is 19.5 Å². The third-order valence-corrected chi connectivity index (χ3v) is 5.61. The lowest BCUT2D eigenvalue weighted by atomic mass is 9.95. The van der Waals surface area contributed by atoms with Crippen LogP contribution in [0.4, 0.5) is 0 Å². The number of methoxy groups -OCH3 is 1. The Hall–Kier alpha value is -2.54. The Kier molecular flexibility index (Phi) is 7.82. The number of aliphatic hydroxyl groups excluding tert-OH is 1. The van der Waals surface area contributed by atoms with Gasteiger partial charge in [0.15, 0.2) is 0 Å². The summed E-state index contributed by atoms with van der Waals surface area (Å²) in [5.41, 5.74) is 0.884. The Morgan fingerprint density at radius 3 is 2.41 bits per heavy atom. The summed E-state index contributed by atoms with van der Waals surface area (Å²) < 4.78 is 10.7. The number of rotatable bonds is 8. The SMILES string of the molecule is COCCCN1C(=O)C(=O)C(=C(O)c2ccc(OC(C)C)cc2)C1c1ccc(Cl)cc1Cl. The molecular weight excluding hydrogens is 453 g/mol. The Morgan fingerprint density at radius 1 is 1.12 bits per heavy atom. The number of likely N-dealkylation sites (tertiary alicyclic amines) is 1. The molecule has 0 radical (unpaired) electrons. The quantitative estimate of drug-likeness (QED) is 0.243. The molecular formula is C24H25Cl2NO5. The molecule has 0 bridgehead atoms. The molecule has 1 fully saturated rings. The summed E-state index contributed by atoms with van der Waals surface area (Å²) in [5.74, 6) is -1.10. The van der Waals surface area contributed by atoms with Crippen LogP contribution < -0.4 is 4.74 Å². The lowest BCUT2D eigenvalue weighted by Gasteiger charge is -2.26. The standard InChI is InChI=1S/C24H25Cl2NO5/c1-14(2)32-17-8-5-15(6-9-17)22(28)20-21(18-10-7-16(25)13-19(18)26)27(11-4-12-31-3)24(30)23(20)29/h5-10,13-14,21,28H,4,11-12H2,1-3H3. The van der Waals surface area contributed by atoms with Gasteiger partial charge >= 0.3 is 0 Å². The molecule has 8 heteroatoms. The van der Waals surface area contributed by atoms with Gasteiger partial charge in [-0.3, -0.25) is 9.59 Å². The van der Waals surface area contributed by atoms with Crippen molar-refractivity contribution in [2.75, 3.05) is 20.3 Å². The van der Waals surface area contributed by atoms with Crippen LogP contribution in [0, 0.1) is 0 Å². The monoisotopic (exact) mass is 477 g/mol. The molecule has 0 aliphatic carbocycles. The fraction of sp³-hybridized carbons (Fsp3) is 0.333. The Balaban J connectivity index is 2.09. The fourth-order valence-electron chi connectivity index (χ4n) is 3.66. The zero-order valence-electron chi connectivity index (χ0n) is 18.1. The van der Waals surface area contributed by atoms with E-state index >= 15 is 0 Å². The maximum Gasteiger partial charge on any atom is 0.295 e. The van der Waals surface area contributed by atoms with Gasteiger partial charge in [-0.1, -0.05) is 29.3 Å². The average Bonchev–Trinajstić information content (AvgIpc) is 2.98. The molecule has 170 valence electrons. The normalized spacial score (nSPS) is 17.9. The third kappa shape index (κ3) is 5.09. The molecule has 2 aromatic carbocycles. The van der Waals surface area contributed by atoms with E-state index in [9.17, 15) is 14.7 Å². The number of ether oxygens (including phenoxy) is 2.